The quantitative estimate of drug-likeness (QED) is 0.324. The predicted molar refractivity (Wildman–Crippen MR) is 77.8 cm³/mol. The second-order valence-electron chi connectivity index (χ2n) is 4.04. The summed E-state index contributed by atoms with van der Waals surface area (Å²) >= 11 is 0. The van der Waals surface area contributed by atoms with E-state index in [0.717, 1.165) is 0 Å². The lowest BCUT2D eigenvalue weighted by molar-refractivity contribution is -0.136. The maximum absolute atomic E-state index is 9.90. The molecule has 0 aromatic carbocycles. The van der Waals surface area contributed by atoms with Crippen molar-refractivity contribution in [3.05, 3.63) is 43.0 Å². The molecule has 0 aliphatic heterocycles. The number of rotatable bonds is 5. The van der Waals surface area contributed by atoms with Crippen molar-refractivity contribution in [3.63, 3.8) is 0 Å². The smallest absolute Gasteiger partial charge is 0.151 e. The first-order valence-corrected chi connectivity index (χ1v) is 6.48. The molecule has 2 heterocycles. The zero-order chi connectivity index (χ0) is 17.5. The summed E-state index contributed by atoms with van der Waals surface area (Å²) in [6, 6.07) is 5.72. The van der Waals surface area contributed by atoms with Crippen LogP contribution in [0.25, 0.3) is 0 Å². The molecular formula is C13H20N4O6. The van der Waals surface area contributed by atoms with Crippen LogP contribution in [-0.2, 0) is 4.79 Å². The summed E-state index contributed by atoms with van der Waals surface area (Å²) in [7, 11) is 0. The molecule has 4 atom stereocenters. The van der Waals surface area contributed by atoms with Crippen LogP contribution in [0.1, 0.15) is 0 Å². The first-order chi connectivity index (χ1) is 11.0. The van der Waals surface area contributed by atoms with Crippen molar-refractivity contribution in [1.29, 1.82) is 0 Å². The molecule has 4 unspecified atom stereocenters. The van der Waals surface area contributed by atoms with Gasteiger partial charge in [-0.3, -0.25) is 10.1 Å². The standard InChI is InChI=1S/C6H12O6.C5H5N.C2H3N3/c7-1-3(9)5(11)6(12)4(10)2-8;1-2-4-6-5-3-1;1-2-4-5-3-1/h1,3-6,8-12H,2H2;1-5H;1-2H,(H,3,4,5). The largest absolute Gasteiger partial charge is 0.394 e. The molecule has 0 saturated carbocycles. The Labute approximate surface area is 132 Å². The maximum Gasteiger partial charge on any atom is 0.151 e. The predicted octanol–water partition coefficient (Wildman–Crippen LogP) is -2.49. The Morgan fingerprint density at radius 1 is 1.00 bits per heavy atom. The van der Waals surface area contributed by atoms with Gasteiger partial charge in [-0.05, 0) is 12.1 Å². The van der Waals surface area contributed by atoms with Gasteiger partial charge in [0.1, 0.15) is 24.4 Å². The lowest BCUT2D eigenvalue weighted by atomic mass is 10.0. The highest BCUT2D eigenvalue weighted by Gasteiger charge is 2.29. The maximum atomic E-state index is 9.90. The minimum Gasteiger partial charge on any atom is -0.394 e. The van der Waals surface area contributed by atoms with E-state index in [0.29, 0.717) is 0 Å². The molecular weight excluding hydrogens is 308 g/mol. The summed E-state index contributed by atoms with van der Waals surface area (Å²) in [6.07, 6.45) is -0.103. The summed E-state index contributed by atoms with van der Waals surface area (Å²) in [6.45, 7) is -0.760. The number of pyridine rings is 1. The number of H-pyrrole nitrogens is 1. The molecule has 0 saturated heterocycles. The Morgan fingerprint density at radius 2 is 1.65 bits per heavy atom. The van der Waals surface area contributed by atoms with E-state index in [1.807, 2.05) is 18.2 Å². The fourth-order valence-corrected chi connectivity index (χ4v) is 1.10. The fourth-order valence-electron chi connectivity index (χ4n) is 1.10. The topological polar surface area (TPSA) is 173 Å². The van der Waals surface area contributed by atoms with Gasteiger partial charge in [0, 0.05) is 18.6 Å². The third-order valence-corrected chi connectivity index (χ3v) is 2.32. The number of hydrogen-bond donors (Lipinski definition) is 6. The number of nitrogens with zero attached hydrogens (tertiary/aromatic N) is 3. The normalized spacial score (nSPS) is 14.8. The van der Waals surface area contributed by atoms with E-state index in [-0.39, 0.29) is 6.29 Å². The number of hydrogen-bond acceptors (Lipinski definition) is 9. The molecule has 10 nitrogen and oxygen atoms in total. The highest BCUT2D eigenvalue weighted by Crippen LogP contribution is 2.02. The molecule has 0 amide bonds. The first-order valence-electron chi connectivity index (χ1n) is 6.48. The molecule has 0 aliphatic carbocycles. The van der Waals surface area contributed by atoms with Crippen LogP contribution in [0, 0.1) is 0 Å². The summed E-state index contributed by atoms with van der Waals surface area (Å²) in [5.41, 5.74) is 0. The fraction of sp³-hybridized carbons (Fsp3) is 0.385. The monoisotopic (exact) mass is 328 g/mol. The van der Waals surface area contributed by atoms with Gasteiger partial charge in [0.15, 0.2) is 6.29 Å². The third kappa shape index (κ3) is 10.2. The number of aldehydes is 1. The van der Waals surface area contributed by atoms with Crippen molar-refractivity contribution >= 4 is 6.29 Å². The molecule has 0 fully saturated rings. The Bertz CT molecular complexity index is 429. The Morgan fingerprint density at radius 3 is 1.91 bits per heavy atom. The van der Waals surface area contributed by atoms with Gasteiger partial charge in [-0.2, -0.15) is 0 Å². The Balaban J connectivity index is 0.000000359. The van der Waals surface area contributed by atoms with E-state index >= 15 is 0 Å². The van der Waals surface area contributed by atoms with Gasteiger partial charge >= 0.3 is 0 Å². The molecule has 2 aromatic heterocycles. The van der Waals surface area contributed by atoms with Gasteiger partial charge in [-0.1, -0.05) is 11.3 Å². The Hall–Kier alpha value is -2.24. The first kappa shape index (κ1) is 20.8. The van der Waals surface area contributed by atoms with Crippen LogP contribution in [0.15, 0.2) is 43.0 Å². The second-order valence-corrected chi connectivity index (χ2v) is 4.04. The summed E-state index contributed by atoms with van der Waals surface area (Å²) < 4.78 is 0. The molecule has 6 N–H and O–H groups in total. The molecule has 2 rings (SSSR count). The minimum atomic E-state index is -1.79. The van der Waals surface area contributed by atoms with Crippen LogP contribution >= 0.6 is 0 Å². The highest BCUT2D eigenvalue weighted by atomic mass is 16.4. The lowest BCUT2D eigenvalue weighted by Gasteiger charge is -2.22. The van der Waals surface area contributed by atoms with E-state index in [9.17, 15) is 4.79 Å². The number of nitrogens with one attached hydrogen (secondary N) is 1. The van der Waals surface area contributed by atoms with Crippen LogP contribution in [0.5, 0.6) is 0 Å². The van der Waals surface area contributed by atoms with E-state index < -0.39 is 31.0 Å². The van der Waals surface area contributed by atoms with Crippen molar-refractivity contribution in [2.45, 2.75) is 24.4 Å². The van der Waals surface area contributed by atoms with Crippen LogP contribution in [0.3, 0.4) is 0 Å². The number of aromatic nitrogens is 4. The molecule has 2 aromatic rings. The molecule has 0 aliphatic rings. The molecule has 0 bridgehead atoms. The van der Waals surface area contributed by atoms with Crippen molar-refractivity contribution in [3.8, 4) is 0 Å². The molecule has 128 valence electrons. The molecule has 10 heteroatoms. The summed E-state index contributed by atoms with van der Waals surface area (Å²) in [4.78, 5) is 13.7. The van der Waals surface area contributed by atoms with Crippen LogP contribution in [0.4, 0.5) is 0 Å². The van der Waals surface area contributed by atoms with Crippen LogP contribution < -0.4 is 0 Å². The third-order valence-electron chi connectivity index (χ3n) is 2.32. The van der Waals surface area contributed by atoms with Gasteiger partial charge in [0.2, 0.25) is 0 Å². The average molecular weight is 328 g/mol. The van der Waals surface area contributed by atoms with E-state index in [2.05, 4.69) is 20.4 Å². The molecule has 23 heavy (non-hydrogen) atoms. The summed E-state index contributed by atoms with van der Waals surface area (Å²) in [5.74, 6) is 0. The van der Waals surface area contributed by atoms with E-state index in [1.54, 1.807) is 24.8 Å². The van der Waals surface area contributed by atoms with Crippen LogP contribution in [0.2, 0.25) is 0 Å². The number of aliphatic hydroxyl groups excluding tert-OH is 5. The van der Waals surface area contributed by atoms with Gasteiger partial charge < -0.3 is 30.3 Å². The molecule has 0 radical (unpaired) electrons. The van der Waals surface area contributed by atoms with Gasteiger partial charge in [-0.15, -0.1) is 5.10 Å². The Kier molecular flexibility index (Phi) is 12.1. The number of carbonyl (C=O) groups is 1. The average Bonchev–Trinajstić information content (AvgIpc) is 3.21. The SMILES string of the molecule is O=CC(O)C(O)C(O)C(O)CO.c1c[nH]nn1.c1ccncc1. The molecule has 0 spiro atoms. The zero-order valence-corrected chi connectivity index (χ0v) is 12.1. The lowest BCUT2D eigenvalue weighted by Crippen LogP contribution is -2.46. The number of aromatic amines is 1. The van der Waals surface area contributed by atoms with Crippen molar-refractivity contribution in [2.24, 2.45) is 0 Å². The van der Waals surface area contributed by atoms with Gasteiger partial charge in [-0.25, -0.2) is 0 Å². The number of carbonyl (C=O) groups excluding carboxylic acids is 1. The second kappa shape index (κ2) is 13.4. The van der Waals surface area contributed by atoms with E-state index in [4.69, 9.17) is 25.5 Å². The van der Waals surface area contributed by atoms with Crippen molar-refractivity contribution < 1.29 is 30.3 Å². The number of aliphatic hydroxyl groups is 5. The zero-order valence-electron chi connectivity index (χ0n) is 12.1. The van der Waals surface area contributed by atoms with Crippen molar-refractivity contribution in [1.82, 2.24) is 20.4 Å². The van der Waals surface area contributed by atoms with E-state index in [1.165, 1.54) is 0 Å². The summed E-state index contributed by atoms with van der Waals surface area (Å²) in [5, 5.41) is 52.8. The van der Waals surface area contributed by atoms with Crippen molar-refractivity contribution in [2.75, 3.05) is 6.61 Å². The minimum absolute atomic E-state index is 0.0258. The van der Waals surface area contributed by atoms with Gasteiger partial charge in [0.05, 0.1) is 12.8 Å². The highest BCUT2D eigenvalue weighted by molar-refractivity contribution is 5.56. The van der Waals surface area contributed by atoms with Gasteiger partial charge in [0.25, 0.3) is 0 Å². The van der Waals surface area contributed by atoms with Crippen LogP contribution in [-0.4, -0.2) is 83.2 Å².